The van der Waals surface area contributed by atoms with Crippen molar-refractivity contribution in [1.82, 2.24) is 10.2 Å². The molecule has 0 spiro atoms. The van der Waals surface area contributed by atoms with Crippen molar-refractivity contribution in [2.45, 2.75) is 13.0 Å². The van der Waals surface area contributed by atoms with Gasteiger partial charge in [-0.3, -0.25) is 19.3 Å². The second-order valence-corrected chi connectivity index (χ2v) is 8.38. The van der Waals surface area contributed by atoms with E-state index in [1.54, 1.807) is 55.5 Å². The number of nitrogens with zero attached hydrogens (tertiary/aromatic N) is 1. The number of rotatable bonds is 7. The standard InChI is InChI=1S/C22H19ClN2O6S/c1-13(31-16-5-3-15(23)4-6-16)20(26)24-8-9-25-21(27)19(32-22(25)28)11-14-2-7-17-18(10-14)30-12-29-17/h2-7,10-11,13H,8-9,12H2,1H3,(H,24,26)/b19-11-/t13-/m1/s1. The zero-order chi connectivity index (χ0) is 22.7. The number of amides is 3. The van der Waals surface area contributed by atoms with Gasteiger partial charge in [0, 0.05) is 18.1 Å². The Kier molecular flexibility index (Phi) is 6.57. The maximum atomic E-state index is 12.6. The van der Waals surface area contributed by atoms with Crippen molar-refractivity contribution in [1.29, 1.82) is 0 Å². The molecule has 4 rings (SSSR count). The zero-order valence-electron chi connectivity index (χ0n) is 17.0. The maximum absolute atomic E-state index is 12.6. The van der Waals surface area contributed by atoms with Gasteiger partial charge in [0.15, 0.2) is 17.6 Å². The number of imide groups is 1. The number of carbonyl (C=O) groups is 3. The molecular formula is C22H19ClN2O6S. The third-order valence-electron chi connectivity index (χ3n) is 4.70. The minimum atomic E-state index is -0.753. The molecule has 2 heterocycles. The van der Waals surface area contributed by atoms with Crippen LogP contribution in [0.3, 0.4) is 0 Å². The molecule has 0 aromatic heterocycles. The van der Waals surface area contributed by atoms with Crippen LogP contribution in [0.25, 0.3) is 6.08 Å². The Morgan fingerprint density at radius 2 is 1.97 bits per heavy atom. The highest BCUT2D eigenvalue weighted by Crippen LogP contribution is 2.36. The van der Waals surface area contributed by atoms with Crippen molar-refractivity contribution >= 4 is 46.5 Å². The second kappa shape index (κ2) is 9.54. The summed E-state index contributed by atoms with van der Waals surface area (Å²) >= 11 is 6.69. The molecule has 2 aliphatic heterocycles. The first kappa shape index (κ1) is 22.0. The van der Waals surface area contributed by atoms with E-state index in [2.05, 4.69) is 5.32 Å². The summed E-state index contributed by atoms with van der Waals surface area (Å²) in [5, 5.41) is 2.86. The van der Waals surface area contributed by atoms with E-state index in [0.717, 1.165) is 22.2 Å². The fraction of sp³-hybridized carbons (Fsp3) is 0.227. The number of nitrogens with one attached hydrogen (secondary N) is 1. The number of benzene rings is 2. The quantitative estimate of drug-likeness (QED) is 0.611. The van der Waals surface area contributed by atoms with Crippen LogP contribution in [-0.2, 0) is 9.59 Å². The number of halogens is 1. The summed E-state index contributed by atoms with van der Waals surface area (Å²) in [6, 6.07) is 11.9. The average Bonchev–Trinajstić information content (AvgIpc) is 3.34. The molecule has 32 heavy (non-hydrogen) atoms. The Morgan fingerprint density at radius 3 is 2.75 bits per heavy atom. The molecule has 0 unspecified atom stereocenters. The molecule has 0 aliphatic carbocycles. The Bertz CT molecular complexity index is 1090. The Labute approximate surface area is 193 Å². The predicted octanol–water partition coefficient (Wildman–Crippen LogP) is 3.69. The summed E-state index contributed by atoms with van der Waals surface area (Å²) in [5.74, 6) is 0.979. The van der Waals surface area contributed by atoms with E-state index in [1.807, 2.05) is 0 Å². The third-order valence-corrected chi connectivity index (χ3v) is 5.86. The number of fused-ring (bicyclic) bond motifs is 1. The van der Waals surface area contributed by atoms with Crippen LogP contribution in [0.15, 0.2) is 47.4 Å². The lowest BCUT2D eigenvalue weighted by atomic mass is 10.2. The molecule has 1 fully saturated rings. The van der Waals surface area contributed by atoms with Crippen molar-refractivity contribution in [3.8, 4) is 17.2 Å². The van der Waals surface area contributed by atoms with Gasteiger partial charge in [-0.1, -0.05) is 17.7 Å². The Hall–Kier alpha value is -3.17. The summed E-state index contributed by atoms with van der Waals surface area (Å²) in [7, 11) is 0. The molecule has 1 saturated heterocycles. The maximum Gasteiger partial charge on any atom is 0.293 e. The Balaban J connectivity index is 1.30. The molecule has 8 nitrogen and oxygen atoms in total. The van der Waals surface area contributed by atoms with Crippen molar-refractivity contribution in [3.63, 3.8) is 0 Å². The molecule has 2 aromatic carbocycles. The number of thioether (sulfide) groups is 1. The van der Waals surface area contributed by atoms with Gasteiger partial charge in [0.05, 0.1) is 4.91 Å². The van der Waals surface area contributed by atoms with Crippen LogP contribution in [0, 0.1) is 0 Å². The van der Waals surface area contributed by atoms with E-state index >= 15 is 0 Å². The first-order chi connectivity index (χ1) is 15.4. The number of hydrogen-bond acceptors (Lipinski definition) is 7. The smallest absolute Gasteiger partial charge is 0.293 e. The topological polar surface area (TPSA) is 94.2 Å². The monoisotopic (exact) mass is 474 g/mol. The van der Waals surface area contributed by atoms with Crippen LogP contribution in [0.2, 0.25) is 5.02 Å². The van der Waals surface area contributed by atoms with E-state index in [-0.39, 0.29) is 31.0 Å². The molecular weight excluding hydrogens is 456 g/mol. The van der Waals surface area contributed by atoms with Gasteiger partial charge < -0.3 is 19.5 Å². The number of hydrogen-bond donors (Lipinski definition) is 1. The van der Waals surface area contributed by atoms with Crippen LogP contribution in [0.1, 0.15) is 12.5 Å². The second-order valence-electron chi connectivity index (χ2n) is 6.95. The molecule has 0 radical (unpaired) electrons. The first-order valence-corrected chi connectivity index (χ1v) is 10.9. The lowest BCUT2D eigenvalue weighted by Crippen LogP contribution is -2.41. The predicted molar refractivity (Wildman–Crippen MR) is 120 cm³/mol. The SMILES string of the molecule is C[C@@H](Oc1ccc(Cl)cc1)C(=O)NCCN1C(=O)S/C(=C\c2ccc3c(c2)OCO3)C1=O. The average molecular weight is 475 g/mol. The van der Waals surface area contributed by atoms with Gasteiger partial charge in [0.1, 0.15) is 5.75 Å². The summed E-state index contributed by atoms with van der Waals surface area (Å²) in [6.45, 7) is 1.94. The molecule has 1 atom stereocenters. The van der Waals surface area contributed by atoms with Crippen LogP contribution in [0.5, 0.6) is 17.2 Å². The normalized spacial score (nSPS) is 17.1. The number of carbonyl (C=O) groups excluding carboxylic acids is 3. The molecule has 0 saturated carbocycles. The molecule has 0 bridgehead atoms. The van der Waals surface area contributed by atoms with Gasteiger partial charge in [0.2, 0.25) is 6.79 Å². The molecule has 3 amide bonds. The van der Waals surface area contributed by atoms with Crippen LogP contribution < -0.4 is 19.5 Å². The number of ether oxygens (including phenoxy) is 3. The van der Waals surface area contributed by atoms with Gasteiger partial charge in [-0.05, 0) is 66.7 Å². The fourth-order valence-electron chi connectivity index (χ4n) is 3.05. The van der Waals surface area contributed by atoms with Gasteiger partial charge in [-0.15, -0.1) is 0 Å². The molecule has 2 aromatic rings. The molecule has 166 valence electrons. The summed E-state index contributed by atoms with van der Waals surface area (Å²) in [4.78, 5) is 38.6. The summed E-state index contributed by atoms with van der Waals surface area (Å²) < 4.78 is 16.2. The highest BCUT2D eigenvalue weighted by Gasteiger charge is 2.34. The van der Waals surface area contributed by atoms with Gasteiger partial charge in [-0.2, -0.15) is 0 Å². The fourth-order valence-corrected chi connectivity index (χ4v) is 4.04. The Morgan fingerprint density at radius 1 is 1.22 bits per heavy atom. The molecule has 10 heteroatoms. The highest BCUT2D eigenvalue weighted by molar-refractivity contribution is 8.18. The van der Waals surface area contributed by atoms with Gasteiger partial charge in [0.25, 0.3) is 17.1 Å². The first-order valence-electron chi connectivity index (χ1n) is 9.75. The third kappa shape index (κ3) is 5.00. The van der Waals surface area contributed by atoms with Crippen LogP contribution in [-0.4, -0.2) is 47.9 Å². The zero-order valence-corrected chi connectivity index (χ0v) is 18.6. The molecule has 1 N–H and O–H groups in total. The minimum Gasteiger partial charge on any atom is -0.481 e. The molecule has 2 aliphatic rings. The van der Waals surface area contributed by atoms with E-state index in [0.29, 0.717) is 27.2 Å². The van der Waals surface area contributed by atoms with E-state index < -0.39 is 12.0 Å². The van der Waals surface area contributed by atoms with Crippen molar-refractivity contribution in [2.24, 2.45) is 0 Å². The lowest BCUT2D eigenvalue weighted by Gasteiger charge is -2.16. The van der Waals surface area contributed by atoms with Crippen LogP contribution >= 0.6 is 23.4 Å². The lowest BCUT2D eigenvalue weighted by molar-refractivity contribution is -0.128. The van der Waals surface area contributed by atoms with E-state index in [1.165, 1.54) is 0 Å². The van der Waals surface area contributed by atoms with Crippen molar-refractivity contribution in [3.05, 3.63) is 58.0 Å². The van der Waals surface area contributed by atoms with Gasteiger partial charge in [-0.25, -0.2) is 0 Å². The summed E-state index contributed by atoms with van der Waals surface area (Å²) in [6.07, 6.45) is 0.880. The summed E-state index contributed by atoms with van der Waals surface area (Å²) in [5.41, 5.74) is 0.723. The van der Waals surface area contributed by atoms with Crippen LogP contribution in [0.4, 0.5) is 4.79 Å². The highest BCUT2D eigenvalue weighted by atomic mass is 35.5. The van der Waals surface area contributed by atoms with E-state index in [9.17, 15) is 14.4 Å². The van der Waals surface area contributed by atoms with E-state index in [4.69, 9.17) is 25.8 Å². The largest absolute Gasteiger partial charge is 0.481 e. The van der Waals surface area contributed by atoms with Crippen molar-refractivity contribution < 1.29 is 28.6 Å². The van der Waals surface area contributed by atoms with Crippen molar-refractivity contribution in [2.75, 3.05) is 19.9 Å². The van der Waals surface area contributed by atoms with Gasteiger partial charge >= 0.3 is 0 Å². The minimum absolute atomic E-state index is 0.0581.